The van der Waals surface area contributed by atoms with Gasteiger partial charge in [-0.1, -0.05) is 4.89 Å². The highest BCUT2D eigenvalue weighted by molar-refractivity contribution is 7.89. The lowest BCUT2D eigenvalue weighted by molar-refractivity contribution is 0.242. The smallest absolute Gasteiger partial charge is 0.265 e. The van der Waals surface area contributed by atoms with Crippen LogP contribution in [-0.2, 0) is 10.0 Å². The molecule has 0 aliphatic carbocycles. The van der Waals surface area contributed by atoms with Gasteiger partial charge in [0.15, 0.2) is 0 Å². The molecule has 0 aromatic carbocycles. The highest BCUT2D eigenvalue weighted by Gasteiger charge is 2.20. The Balaban J connectivity index is 3.37. The Kier molecular flexibility index (Phi) is 2.18. The first-order chi connectivity index (χ1) is 5.49. The van der Waals surface area contributed by atoms with Crippen molar-refractivity contribution in [2.45, 2.75) is 18.7 Å². The van der Waals surface area contributed by atoms with Crippen LogP contribution in [0.25, 0.3) is 0 Å². The van der Waals surface area contributed by atoms with Crippen LogP contribution in [0.1, 0.15) is 11.4 Å². The molecule has 12 heavy (non-hydrogen) atoms. The standard InChI is InChI=1S/C5H9N3O3S/c1-3-5(4(2)7-6-3)12(10,11)8-9/h8-9H,1-2H3,(H,6,7). The van der Waals surface area contributed by atoms with E-state index >= 15 is 0 Å². The quantitative estimate of drug-likeness (QED) is 0.559. The Morgan fingerprint density at radius 3 is 2.42 bits per heavy atom. The summed E-state index contributed by atoms with van der Waals surface area (Å²) in [4.78, 5) is 1.23. The highest BCUT2D eigenvalue weighted by Crippen LogP contribution is 2.15. The van der Waals surface area contributed by atoms with Crippen molar-refractivity contribution in [1.82, 2.24) is 15.1 Å². The van der Waals surface area contributed by atoms with Gasteiger partial charge in [-0.2, -0.15) is 5.10 Å². The lowest BCUT2D eigenvalue weighted by Crippen LogP contribution is -2.20. The van der Waals surface area contributed by atoms with Crippen molar-refractivity contribution in [3.05, 3.63) is 11.4 Å². The number of rotatable bonds is 2. The van der Waals surface area contributed by atoms with Crippen molar-refractivity contribution < 1.29 is 13.6 Å². The number of nitrogens with zero attached hydrogens (tertiary/aromatic N) is 1. The van der Waals surface area contributed by atoms with Crippen molar-refractivity contribution in [1.29, 1.82) is 0 Å². The maximum Gasteiger partial charge on any atom is 0.265 e. The second-order valence-electron chi connectivity index (χ2n) is 2.36. The fraction of sp³-hybridized carbons (Fsp3) is 0.400. The second-order valence-corrected chi connectivity index (χ2v) is 3.96. The minimum atomic E-state index is -3.80. The number of H-pyrrole nitrogens is 1. The summed E-state index contributed by atoms with van der Waals surface area (Å²) >= 11 is 0. The molecule has 1 aromatic heterocycles. The van der Waals surface area contributed by atoms with Crippen LogP contribution in [0, 0.1) is 13.8 Å². The van der Waals surface area contributed by atoms with Crippen LogP contribution in [0.5, 0.6) is 0 Å². The summed E-state index contributed by atoms with van der Waals surface area (Å²) in [5.74, 6) is 0. The van der Waals surface area contributed by atoms with E-state index in [0.29, 0.717) is 11.4 Å². The lowest BCUT2D eigenvalue weighted by atomic mass is 10.4. The van der Waals surface area contributed by atoms with E-state index in [1.165, 1.54) is 11.8 Å². The number of hydrogen-bond donors (Lipinski definition) is 3. The fourth-order valence-corrected chi connectivity index (χ4v) is 1.96. The lowest BCUT2D eigenvalue weighted by Gasteiger charge is -1.99. The van der Waals surface area contributed by atoms with Gasteiger partial charge in [0.1, 0.15) is 4.90 Å². The molecule has 0 amide bonds. The maximum atomic E-state index is 11.1. The first-order valence-corrected chi connectivity index (χ1v) is 4.65. The molecule has 1 aromatic rings. The Morgan fingerprint density at radius 2 is 2.08 bits per heavy atom. The summed E-state index contributed by atoms with van der Waals surface area (Å²) in [6, 6.07) is 0. The van der Waals surface area contributed by atoms with Gasteiger partial charge in [-0.05, 0) is 13.8 Å². The van der Waals surface area contributed by atoms with Gasteiger partial charge in [0.25, 0.3) is 10.0 Å². The van der Waals surface area contributed by atoms with Crippen LogP contribution >= 0.6 is 0 Å². The van der Waals surface area contributed by atoms with E-state index in [9.17, 15) is 8.42 Å². The van der Waals surface area contributed by atoms with Gasteiger partial charge in [-0.3, -0.25) is 5.10 Å². The molecular formula is C5H9N3O3S. The van der Waals surface area contributed by atoms with Crippen LogP contribution in [0.4, 0.5) is 0 Å². The average molecular weight is 191 g/mol. The first-order valence-electron chi connectivity index (χ1n) is 3.16. The minimum absolute atomic E-state index is 0.00926. The third-order valence-electron chi connectivity index (χ3n) is 1.45. The number of nitrogens with one attached hydrogen (secondary N) is 2. The molecule has 0 aliphatic rings. The third-order valence-corrected chi connectivity index (χ3v) is 2.83. The van der Waals surface area contributed by atoms with Crippen molar-refractivity contribution in [3.63, 3.8) is 0 Å². The molecule has 0 atom stereocenters. The molecule has 68 valence electrons. The molecule has 0 aliphatic heterocycles. The Morgan fingerprint density at radius 1 is 1.50 bits per heavy atom. The van der Waals surface area contributed by atoms with E-state index in [2.05, 4.69) is 10.2 Å². The highest BCUT2D eigenvalue weighted by atomic mass is 32.2. The van der Waals surface area contributed by atoms with Crippen molar-refractivity contribution in [2.75, 3.05) is 0 Å². The number of aromatic amines is 1. The van der Waals surface area contributed by atoms with Gasteiger partial charge in [-0.25, -0.2) is 8.42 Å². The Labute approximate surface area is 69.6 Å². The van der Waals surface area contributed by atoms with Gasteiger partial charge in [0.05, 0.1) is 11.4 Å². The van der Waals surface area contributed by atoms with E-state index in [0.717, 1.165) is 0 Å². The molecule has 0 unspecified atom stereocenters. The first kappa shape index (κ1) is 9.17. The van der Waals surface area contributed by atoms with Crippen LogP contribution in [-0.4, -0.2) is 23.8 Å². The predicted octanol–water partition coefficient (Wildman–Crippen LogP) is -0.306. The molecule has 1 rings (SSSR count). The van der Waals surface area contributed by atoms with Gasteiger partial charge in [-0.15, -0.1) is 0 Å². The van der Waals surface area contributed by atoms with Gasteiger partial charge < -0.3 is 5.21 Å². The molecule has 0 bridgehead atoms. The molecule has 0 saturated heterocycles. The number of sulfonamides is 1. The summed E-state index contributed by atoms with van der Waals surface area (Å²) in [5, 5.41) is 14.5. The largest absolute Gasteiger partial charge is 0.302 e. The van der Waals surface area contributed by atoms with E-state index in [4.69, 9.17) is 5.21 Å². The summed E-state index contributed by atoms with van der Waals surface area (Å²) in [7, 11) is -3.80. The fourth-order valence-electron chi connectivity index (χ4n) is 0.982. The van der Waals surface area contributed by atoms with E-state index in [1.54, 1.807) is 6.92 Å². The second kappa shape index (κ2) is 2.85. The van der Waals surface area contributed by atoms with Crippen molar-refractivity contribution >= 4 is 10.0 Å². The van der Waals surface area contributed by atoms with Crippen LogP contribution in [0.3, 0.4) is 0 Å². The maximum absolute atomic E-state index is 11.1. The van der Waals surface area contributed by atoms with Gasteiger partial charge in [0, 0.05) is 0 Å². The molecule has 0 saturated carbocycles. The van der Waals surface area contributed by atoms with E-state index in [1.807, 2.05) is 0 Å². The number of aromatic nitrogens is 2. The molecule has 0 fully saturated rings. The monoisotopic (exact) mass is 191 g/mol. The van der Waals surface area contributed by atoms with Crippen molar-refractivity contribution in [2.24, 2.45) is 0 Å². The van der Waals surface area contributed by atoms with Gasteiger partial charge in [0.2, 0.25) is 0 Å². The molecule has 0 spiro atoms. The zero-order valence-corrected chi connectivity index (χ0v) is 7.44. The third kappa shape index (κ3) is 1.33. The molecule has 0 radical (unpaired) electrons. The number of aryl methyl sites for hydroxylation is 2. The van der Waals surface area contributed by atoms with Gasteiger partial charge >= 0.3 is 0 Å². The van der Waals surface area contributed by atoms with Crippen molar-refractivity contribution in [3.8, 4) is 0 Å². The number of hydrogen-bond acceptors (Lipinski definition) is 4. The molecular weight excluding hydrogens is 182 g/mol. The van der Waals surface area contributed by atoms with Crippen LogP contribution in [0.15, 0.2) is 4.90 Å². The Hall–Kier alpha value is -0.920. The summed E-state index contributed by atoms with van der Waals surface area (Å²) in [6.45, 7) is 3.10. The minimum Gasteiger partial charge on any atom is -0.302 e. The zero-order valence-electron chi connectivity index (χ0n) is 6.62. The SMILES string of the molecule is Cc1n[nH]c(C)c1S(=O)(=O)NO. The predicted molar refractivity (Wildman–Crippen MR) is 40.2 cm³/mol. The molecule has 1 heterocycles. The normalized spacial score (nSPS) is 11.9. The Bertz CT molecular complexity index is 361. The molecule has 6 nitrogen and oxygen atoms in total. The summed E-state index contributed by atoms with van der Waals surface area (Å²) in [5.41, 5.74) is 0.725. The van der Waals surface area contributed by atoms with E-state index in [-0.39, 0.29) is 4.90 Å². The van der Waals surface area contributed by atoms with Crippen LogP contribution in [0.2, 0.25) is 0 Å². The average Bonchev–Trinajstić information content (AvgIpc) is 2.31. The topological polar surface area (TPSA) is 95.1 Å². The van der Waals surface area contributed by atoms with Crippen LogP contribution < -0.4 is 4.89 Å². The molecule has 3 N–H and O–H groups in total. The zero-order chi connectivity index (χ0) is 9.35. The molecule has 7 heteroatoms. The van der Waals surface area contributed by atoms with E-state index < -0.39 is 10.0 Å². The summed E-state index contributed by atoms with van der Waals surface area (Å²) < 4.78 is 22.2. The summed E-state index contributed by atoms with van der Waals surface area (Å²) in [6.07, 6.45) is 0.